The van der Waals surface area contributed by atoms with Crippen LogP contribution in [0.25, 0.3) is 11.3 Å². The molecule has 3 aromatic heterocycles. The van der Waals surface area contributed by atoms with Crippen LogP contribution < -0.4 is 4.74 Å². The molecule has 0 unspecified atom stereocenters. The predicted octanol–water partition coefficient (Wildman–Crippen LogP) is 2.77. The Morgan fingerprint density at radius 1 is 1.21 bits per heavy atom. The fourth-order valence-corrected chi connectivity index (χ4v) is 3.96. The summed E-state index contributed by atoms with van der Waals surface area (Å²) in [4.78, 5) is 19.4. The summed E-state index contributed by atoms with van der Waals surface area (Å²) in [6.45, 7) is 1.23. The standard InChI is InChI=1S/C21H26N6O2/c1-25-15-18(20(24-25)29-2)21(28)27(17-5-3-4-6-17)14-13-26-12-9-19(23-26)16-7-10-22-11-8-16/h7-12,15,17H,3-6,13-14H2,1-2H3. The number of methoxy groups -OCH3 is 1. The molecule has 1 aliphatic carbocycles. The van der Waals surface area contributed by atoms with E-state index in [-0.39, 0.29) is 11.9 Å². The highest BCUT2D eigenvalue weighted by Gasteiger charge is 2.30. The molecule has 1 saturated carbocycles. The quantitative estimate of drug-likeness (QED) is 0.616. The van der Waals surface area contributed by atoms with Gasteiger partial charge in [-0.05, 0) is 31.0 Å². The number of pyridine rings is 1. The number of aryl methyl sites for hydroxylation is 1. The van der Waals surface area contributed by atoms with E-state index in [1.54, 1.807) is 37.4 Å². The van der Waals surface area contributed by atoms with E-state index >= 15 is 0 Å². The number of nitrogens with zero attached hydrogens (tertiary/aromatic N) is 6. The van der Waals surface area contributed by atoms with Gasteiger partial charge in [0, 0.05) is 50.0 Å². The van der Waals surface area contributed by atoms with Crippen LogP contribution in [0.1, 0.15) is 36.0 Å². The maximum Gasteiger partial charge on any atom is 0.261 e. The first-order chi connectivity index (χ1) is 14.2. The maximum absolute atomic E-state index is 13.3. The van der Waals surface area contributed by atoms with Gasteiger partial charge in [0.1, 0.15) is 5.56 Å². The van der Waals surface area contributed by atoms with Crippen molar-refractivity contribution in [2.24, 2.45) is 7.05 Å². The van der Waals surface area contributed by atoms with Crippen molar-refractivity contribution in [2.45, 2.75) is 38.3 Å². The minimum atomic E-state index is -0.0247. The first-order valence-corrected chi connectivity index (χ1v) is 9.98. The van der Waals surface area contributed by atoms with Crippen LogP contribution in [0.15, 0.2) is 43.0 Å². The first-order valence-electron chi connectivity index (χ1n) is 9.98. The number of hydrogen-bond donors (Lipinski definition) is 0. The zero-order chi connectivity index (χ0) is 20.2. The summed E-state index contributed by atoms with van der Waals surface area (Å²) in [5, 5.41) is 8.90. The summed E-state index contributed by atoms with van der Waals surface area (Å²) in [7, 11) is 3.34. The minimum absolute atomic E-state index is 0.0247. The smallest absolute Gasteiger partial charge is 0.261 e. The summed E-state index contributed by atoms with van der Waals surface area (Å²) in [5.41, 5.74) is 2.45. The van der Waals surface area contributed by atoms with Gasteiger partial charge < -0.3 is 9.64 Å². The Bertz CT molecular complexity index is 959. The Morgan fingerprint density at radius 3 is 2.69 bits per heavy atom. The van der Waals surface area contributed by atoms with E-state index in [2.05, 4.69) is 15.2 Å². The van der Waals surface area contributed by atoms with E-state index in [1.165, 1.54) is 0 Å². The molecule has 0 bridgehead atoms. The Kier molecular flexibility index (Phi) is 5.59. The lowest BCUT2D eigenvalue weighted by atomic mass is 10.1. The summed E-state index contributed by atoms with van der Waals surface area (Å²) in [6, 6.07) is 6.12. The minimum Gasteiger partial charge on any atom is -0.479 e. The van der Waals surface area contributed by atoms with E-state index in [9.17, 15) is 4.79 Å². The van der Waals surface area contributed by atoms with Crippen LogP contribution in [0, 0.1) is 0 Å². The SMILES string of the molecule is COc1nn(C)cc1C(=O)N(CCn1ccc(-c2ccncc2)n1)C1CCCC1. The first kappa shape index (κ1) is 19.2. The molecule has 8 heteroatoms. The van der Waals surface area contributed by atoms with Crippen LogP contribution in [0.3, 0.4) is 0 Å². The molecule has 152 valence electrons. The lowest BCUT2D eigenvalue weighted by Gasteiger charge is -2.28. The molecule has 0 N–H and O–H groups in total. The number of aromatic nitrogens is 5. The van der Waals surface area contributed by atoms with Crippen molar-refractivity contribution in [2.75, 3.05) is 13.7 Å². The Morgan fingerprint density at radius 2 is 1.97 bits per heavy atom. The second kappa shape index (κ2) is 8.46. The summed E-state index contributed by atoms with van der Waals surface area (Å²) < 4.78 is 8.83. The van der Waals surface area contributed by atoms with E-state index in [1.807, 2.05) is 34.0 Å². The van der Waals surface area contributed by atoms with E-state index in [4.69, 9.17) is 4.74 Å². The van der Waals surface area contributed by atoms with Gasteiger partial charge in [-0.2, -0.15) is 5.10 Å². The zero-order valence-corrected chi connectivity index (χ0v) is 16.9. The molecule has 0 saturated heterocycles. The number of rotatable bonds is 7. The molecule has 3 aromatic rings. The molecule has 4 rings (SSSR count). The van der Waals surface area contributed by atoms with Gasteiger partial charge >= 0.3 is 0 Å². The second-order valence-electron chi connectivity index (χ2n) is 7.36. The van der Waals surface area contributed by atoms with Crippen LogP contribution in [0.5, 0.6) is 5.88 Å². The van der Waals surface area contributed by atoms with Crippen LogP contribution in [0.4, 0.5) is 0 Å². The number of carbonyl (C=O) groups is 1. The molecule has 0 radical (unpaired) electrons. The van der Waals surface area contributed by atoms with Crippen molar-refractivity contribution < 1.29 is 9.53 Å². The van der Waals surface area contributed by atoms with E-state index < -0.39 is 0 Å². The average Bonchev–Trinajstić information content (AvgIpc) is 3.49. The van der Waals surface area contributed by atoms with Crippen molar-refractivity contribution in [3.63, 3.8) is 0 Å². The zero-order valence-electron chi connectivity index (χ0n) is 16.9. The number of carbonyl (C=O) groups excluding carboxylic acids is 1. The fourth-order valence-electron chi connectivity index (χ4n) is 3.96. The van der Waals surface area contributed by atoms with Gasteiger partial charge in [-0.15, -0.1) is 5.10 Å². The van der Waals surface area contributed by atoms with Gasteiger partial charge in [0.25, 0.3) is 5.91 Å². The summed E-state index contributed by atoms with van der Waals surface area (Å²) in [5.74, 6) is 0.350. The topological polar surface area (TPSA) is 78.1 Å². The van der Waals surface area contributed by atoms with E-state index in [0.29, 0.717) is 24.5 Å². The van der Waals surface area contributed by atoms with Crippen molar-refractivity contribution in [3.8, 4) is 17.1 Å². The molecule has 0 atom stereocenters. The maximum atomic E-state index is 13.3. The number of hydrogen-bond acceptors (Lipinski definition) is 5. The second-order valence-corrected chi connectivity index (χ2v) is 7.36. The van der Waals surface area contributed by atoms with Gasteiger partial charge in [0.15, 0.2) is 0 Å². The highest BCUT2D eigenvalue weighted by Crippen LogP contribution is 2.27. The van der Waals surface area contributed by atoms with Crippen molar-refractivity contribution in [1.29, 1.82) is 0 Å². The van der Waals surface area contributed by atoms with Crippen LogP contribution >= 0.6 is 0 Å². The molecule has 1 fully saturated rings. The highest BCUT2D eigenvalue weighted by molar-refractivity contribution is 5.96. The molecular formula is C21H26N6O2. The van der Waals surface area contributed by atoms with Gasteiger partial charge in [-0.3, -0.25) is 19.1 Å². The number of ether oxygens (including phenoxy) is 1. The molecule has 1 aliphatic rings. The van der Waals surface area contributed by atoms with Crippen LogP contribution in [-0.4, -0.2) is 55.0 Å². The van der Waals surface area contributed by atoms with Gasteiger partial charge in [0.2, 0.25) is 5.88 Å². The van der Waals surface area contributed by atoms with Crippen molar-refractivity contribution in [1.82, 2.24) is 29.4 Å². The Labute approximate surface area is 170 Å². The Hall–Kier alpha value is -3.16. The van der Waals surface area contributed by atoms with Gasteiger partial charge in [-0.25, -0.2) is 0 Å². The van der Waals surface area contributed by atoms with Crippen molar-refractivity contribution >= 4 is 5.91 Å². The lowest BCUT2D eigenvalue weighted by Crippen LogP contribution is -2.41. The van der Waals surface area contributed by atoms with Crippen molar-refractivity contribution in [3.05, 3.63) is 48.5 Å². The third-order valence-corrected chi connectivity index (χ3v) is 5.43. The van der Waals surface area contributed by atoms with E-state index in [0.717, 1.165) is 36.9 Å². The lowest BCUT2D eigenvalue weighted by molar-refractivity contribution is 0.0668. The van der Waals surface area contributed by atoms with Gasteiger partial charge in [-0.1, -0.05) is 12.8 Å². The molecule has 0 aliphatic heterocycles. The van der Waals surface area contributed by atoms with Gasteiger partial charge in [0.05, 0.1) is 19.3 Å². The third kappa shape index (κ3) is 4.16. The molecule has 3 heterocycles. The van der Waals surface area contributed by atoms with Crippen LogP contribution in [0.2, 0.25) is 0 Å². The molecule has 0 aromatic carbocycles. The normalized spacial score (nSPS) is 14.3. The Balaban J connectivity index is 1.51. The largest absolute Gasteiger partial charge is 0.479 e. The average molecular weight is 394 g/mol. The monoisotopic (exact) mass is 394 g/mol. The number of amides is 1. The third-order valence-electron chi connectivity index (χ3n) is 5.43. The predicted molar refractivity (Wildman–Crippen MR) is 109 cm³/mol. The molecule has 1 amide bonds. The van der Waals surface area contributed by atoms with Crippen LogP contribution in [-0.2, 0) is 13.6 Å². The summed E-state index contributed by atoms with van der Waals surface area (Å²) >= 11 is 0. The molecule has 8 nitrogen and oxygen atoms in total. The highest BCUT2D eigenvalue weighted by atomic mass is 16.5. The molecule has 0 spiro atoms. The fraction of sp³-hybridized carbons (Fsp3) is 0.429. The molecule has 29 heavy (non-hydrogen) atoms. The molecular weight excluding hydrogens is 368 g/mol. The summed E-state index contributed by atoms with van der Waals surface area (Å²) in [6.07, 6.45) is 11.6.